The molecule has 0 aliphatic heterocycles. The van der Waals surface area contributed by atoms with Gasteiger partial charge in [-0.25, -0.2) is 0 Å². The van der Waals surface area contributed by atoms with Gasteiger partial charge >= 0.3 is 0 Å². The van der Waals surface area contributed by atoms with Crippen LogP contribution in [0.5, 0.6) is 5.75 Å². The van der Waals surface area contributed by atoms with Crippen LogP contribution in [-0.2, 0) is 9.59 Å². The summed E-state index contributed by atoms with van der Waals surface area (Å²) >= 11 is 0. The van der Waals surface area contributed by atoms with Crippen molar-refractivity contribution in [2.24, 2.45) is 0 Å². The topological polar surface area (TPSA) is 101 Å². The number of ether oxygens (including phenoxy) is 1. The molecule has 8 nitrogen and oxygen atoms in total. The van der Waals surface area contributed by atoms with Crippen LogP contribution in [0.15, 0.2) is 77.4 Å². The molecule has 0 saturated heterocycles. The number of nitrogens with one attached hydrogen (secondary N) is 2. The third-order valence-corrected chi connectivity index (χ3v) is 6.16. The highest BCUT2D eigenvalue weighted by Gasteiger charge is 2.35. The van der Waals surface area contributed by atoms with Crippen LogP contribution in [0, 0.1) is 0 Å². The molecule has 1 fully saturated rings. The lowest BCUT2D eigenvalue weighted by Gasteiger charge is -2.33. The van der Waals surface area contributed by atoms with Crippen LogP contribution in [0.3, 0.4) is 0 Å². The number of carbonyl (C=O) groups is 3. The van der Waals surface area contributed by atoms with Gasteiger partial charge in [0.15, 0.2) is 5.76 Å². The number of para-hydroxylation sites is 2. The SMILES string of the molecule is CCOc1ccccc1N(C(=O)CNC(=O)c1ccco1)C(C(=O)NC1CCCC1)c1ccccc1. The van der Waals surface area contributed by atoms with Gasteiger partial charge in [0.2, 0.25) is 11.8 Å². The van der Waals surface area contributed by atoms with Gasteiger partial charge in [-0.1, -0.05) is 55.3 Å². The molecule has 1 atom stereocenters. The molecule has 36 heavy (non-hydrogen) atoms. The van der Waals surface area contributed by atoms with E-state index in [4.69, 9.17) is 9.15 Å². The van der Waals surface area contributed by atoms with E-state index < -0.39 is 17.9 Å². The summed E-state index contributed by atoms with van der Waals surface area (Å²) in [6, 6.07) is 18.5. The highest BCUT2D eigenvalue weighted by Crippen LogP contribution is 2.35. The summed E-state index contributed by atoms with van der Waals surface area (Å²) in [6.07, 6.45) is 5.34. The average Bonchev–Trinajstić information content (AvgIpc) is 3.62. The molecule has 1 aliphatic rings. The Labute approximate surface area is 210 Å². The van der Waals surface area contributed by atoms with Gasteiger partial charge in [0.25, 0.3) is 5.91 Å². The minimum Gasteiger partial charge on any atom is -0.492 e. The number of rotatable bonds is 10. The lowest BCUT2D eigenvalue weighted by atomic mass is 10.0. The Morgan fingerprint density at radius 1 is 1.00 bits per heavy atom. The van der Waals surface area contributed by atoms with Crippen molar-refractivity contribution in [1.82, 2.24) is 10.6 Å². The number of carbonyl (C=O) groups excluding carboxylic acids is 3. The first-order valence-electron chi connectivity index (χ1n) is 12.3. The highest BCUT2D eigenvalue weighted by atomic mass is 16.5. The summed E-state index contributed by atoms with van der Waals surface area (Å²) in [7, 11) is 0. The first-order valence-corrected chi connectivity index (χ1v) is 12.3. The van der Waals surface area contributed by atoms with Crippen LogP contribution >= 0.6 is 0 Å². The summed E-state index contributed by atoms with van der Waals surface area (Å²) in [5, 5.41) is 5.75. The molecule has 3 amide bonds. The maximum absolute atomic E-state index is 13.8. The Morgan fingerprint density at radius 2 is 1.72 bits per heavy atom. The summed E-state index contributed by atoms with van der Waals surface area (Å²) in [6.45, 7) is 1.91. The normalized spacial score (nSPS) is 14.1. The zero-order valence-electron chi connectivity index (χ0n) is 20.3. The van der Waals surface area contributed by atoms with Crippen molar-refractivity contribution >= 4 is 23.4 Å². The van der Waals surface area contributed by atoms with Gasteiger partial charge in [-0.15, -0.1) is 0 Å². The number of nitrogens with zero attached hydrogens (tertiary/aromatic N) is 1. The number of benzene rings is 2. The monoisotopic (exact) mass is 489 g/mol. The fourth-order valence-corrected chi connectivity index (χ4v) is 4.49. The van der Waals surface area contributed by atoms with E-state index in [0.717, 1.165) is 25.7 Å². The minimum atomic E-state index is -0.957. The predicted molar refractivity (Wildman–Crippen MR) is 136 cm³/mol. The molecule has 1 aliphatic carbocycles. The van der Waals surface area contributed by atoms with E-state index in [2.05, 4.69) is 10.6 Å². The quantitative estimate of drug-likeness (QED) is 0.444. The van der Waals surface area contributed by atoms with Crippen LogP contribution in [0.25, 0.3) is 0 Å². The van der Waals surface area contributed by atoms with Crippen molar-refractivity contribution in [1.29, 1.82) is 0 Å². The molecule has 0 radical (unpaired) electrons. The van der Waals surface area contributed by atoms with E-state index in [1.165, 1.54) is 17.2 Å². The fraction of sp³-hybridized carbons (Fsp3) is 0.321. The Kier molecular flexibility index (Phi) is 8.39. The number of furan rings is 1. The van der Waals surface area contributed by atoms with Crippen molar-refractivity contribution < 1.29 is 23.5 Å². The molecule has 8 heteroatoms. The van der Waals surface area contributed by atoms with Crippen LogP contribution in [0.1, 0.15) is 54.8 Å². The second-order valence-corrected chi connectivity index (χ2v) is 8.63. The van der Waals surface area contributed by atoms with Gasteiger partial charge < -0.3 is 19.8 Å². The standard InChI is InChI=1S/C28H31N3O5/c1-2-35-23-16-9-8-15-22(23)31(25(32)19-29-27(33)24-17-10-18-36-24)26(20-11-4-3-5-12-20)28(34)30-21-13-6-7-14-21/h3-5,8-12,15-18,21,26H,2,6-7,13-14,19H2,1H3,(H,29,33)(H,30,34). The second kappa shape index (κ2) is 12.1. The molecule has 1 unspecified atom stereocenters. The van der Waals surface area contributed by atoms with Crippen molar-refractivity contribution in [2.45, 2.75) is 44.7 Å². The first kappa shape index (κ1) is 25.0. The van der Waals surface area contributed by atoms with Crippen LogP contribution in [0.2, 0.25) is 0 Å². The van der Waals surface area contributed by atoms with E-state index in [1.807, 2.05) is 43.3 Å². The van der Waals surface area contributed by atoms with E-state index in [0.29, 0.717) is 23.6 Å². The van der Waals surface area contributed by atoms with Gasteiger partial charge in [0, 0.05) is 6.04 Å². The highest BCUT2D eigenvalue weighted by molar-refractivity contribution is 6.05. The summed E-state index contributed by atoms with van der Waals surface area (Å²) in [5.41, 5.74) is 1.11. The third kappa shape index (κ3) is 5.94. The molecule has 2 aromatic carbocycles. The summed E-state index contributed by atoms with van der Waals surface area (Å²) in [5.74, 6) is -0.677. The van der Waals surface area contributed by atoms with Gasteiger partial charge in [-0.2, -0.15) is 0 Å². The van der Waals surface area contributed by atoms with Crippen LogP contribution in [-0.4, -0.2) is 36.9 Å². The molecule has 1 saturated carbocycles. The largest absolute Gasteiger partial charge is 0.492 e. The summed E-state index contributed by atoms with van der Waals surface area (Å²) in [4.78, 5) is 41.4. The Balaban J connectivity index is 1.71. The van der Waals surface area contributed by atoms with Crippen molar-refractivity contribution in [3.8, 4) is 5.75 Å². The number of hydrogen-bond donors (Lipinski definition) is 2. The molecule has 1 aromatic heterocycles. The molecular formula is C28H31N3O5. The van der Waals surface area contributed by atoms with Crippen LogP contribution in [0.4, 0.5) is 5.69 Å². The molecule has 188 valence electrons. The zero-order valence-corrected chi connectivity index (χ0v) is 20.3. The lowest BCUT2D eigenvalue weighted by Crippen LogP contribution is -2.49. The second-order valence-electron chi connectivity index (χ2n) is 8.63. The van der Waals surface area contributed by atoms with E-state index in [9.17, 15) is 14.4 Å². The Hall–Kier alpha value is -4.07. The molecule has 0 bridgehead atoms. The maximum atomic E-state index is 13.8. The average molecular weight is 490 g/mol. The fourth-order valence-electron chi connectivity index (χ4n) is 4.49. The number of amides is 3. The minimum absolute atomic E-state index is 0.0708. The maximum Gasteiger partial charge on any atom is 0.287 e. The van der Waals surface area contributed by atoms with Crippen LogP contribution < -0.4 is 20.3 Å². The number of hydrogen-bond acceptors (Lipinski definition) is 5. The lowest BCUT2D eigenvalue weighted by molar-refractivity contribution is -0.126. The predicted octanol–water partition coefficient (Wildman–Crippen LogP) is 4.24. The van der Waals surface area contributed by atoms with E-state index >= 15 is 0 Å². The third-order valence-electron chi connectivity index (χ3n) is 6.16. The molecule has 1 heterocycles. The molecule has 3 aromatic rings. The van der Waals surface area contributed by atoms with Crippen molar-refractivity contribution in [2.75, 3.05) is 18.1 Å². The first-order chi connectivity index (χ1) is 17.6. The smallest absolute Gasteiger partial charge is 0.287 e. The molecule has 2 N–H and O–H groups in total. The summed E-state index contributed by atoms with van der Waals surface area (Å²) < 4.78 is 11.0. The molecule has 4 rings (SSSR count). The van der Waals surface area contributed by atoms with Gasteiger partial charge in [0.1, 0.15) is 11.8 Å². The van der Waals surface area contributed by atoms with E-state index in [1.54, 1.807) is 24.3 Å². The van der Waals surface area contributed by atoms with Gasteiger partial charge in [0.05, 0.1) is 25.1 Å². The van der Waals surface area contributed by atoms with Gasteiger partial charge in [-0.05, 0) is 49.6 Å². The van der Waals surface area contributed by atoms with Crippen molar-refractivity contribution in [3.63, 3.8) is 0 Å². The van der Waals surface area contributed by atoms with Crippen molar-refractivity contribution in [3.05, 3.63) is 84.3 Å². The van der Waals surface area contributed by atoms with Gasteiger partial charge in [-0.3, -0.25) is 19.3 Å². The van der Waals surface area contributed by atoms with E-state index in [-0.39, 0.29) is 24.3 Å². The Bertz CT molecular complexity index is 1160. The Morgan fingerprint density at radius 3 is 2.42 bits per heavy atom. The number of anilines is 1. The zero-order chi connectivity index (χ0) is 25.3. The molecule has 0 spiro atoms. The molecular weight excluding hydrogens is 458 g/mol.